The van der Waals surface area contributed by atoms with E-state index in [0.717, 1.165) is 24.9 Å². The number of hydrogen-bond donors (Lipinski definition) is 2. The Kier molecular flexibility index (Phi) is 6.02. The molecule has 0 aliphatic carbocycles. The van der Waals surface area contributed by atoms with Crippen LogP contribution in [0.4, 0.5) is 0 Å². The lowest BCUT2D eigenvalue weighted by Crippen LogP contribution is -2.35. The van der Waals surface area contributed by atoms with Gasteiger partial charge in [-0.3, -0.25) is 0 Å². The molecule has 2 N–H and O–H groups in total. The van der Waals surface area contributed by atoms with Crippen molar-refractivity contribution in [2.24, 2.45) is 0 Å². The van der Waals surface area contributed by atoms with E-state index in [1.165, 1.54) is 22.3 Å². The second-order valence-corrected chi connectivity index (χ2v) is 5.59. The van der Waals surface area contributed by atoms with Crippen molar-refractivity contribution < 1.29 is 5.11 Å². The third-order valence-corrected chi connectivity index (χ3v) is 4.20. The average Bonchev–Trinajstić information content (AvgIpc) is 2.37. The summed E-state index contributed by atoms with van der Waals surface area (Å²) in [7, 11) is 0. The minimum Gasteiger partial charge on any atom is -0.387 e. The van der Waals surface area contributed by atoms with Crippen molar-refractivity contribution >= 4 is 0 Å². The molecule has 0 bridgehead atoms. The van der Waals surface area contributed by atoms with Crippen LogP contribution in [0.3, 0.4) is 0 Å². The van der Waals surface area contributed by atoms with Gasteiger partial charge in [-0.2, -0.15) is 0 Å². The molecule has 0 aliphatic rings. The number of nitrogens with one attached hydrogen (secondary N) is 1. The third-order valence-electron chi connectivity index (χ3n) is 4.20. The zero-order chi connectivity index (χ0) is 14.6. The number of rotatable bonds is 6. The minimum atomic E-state index is -0.421. The maximum Gasteiger partial charge on any atom is 0.0948 e. The Morgan fingerprint density at radius 1 is 1.05 bits per heavy atom. The number of aliphatic hydroxyl groups excluding tert-OH is 1. The zero-order valence-corrected chi connectivity index (χ0v) is 13.3. The lowest BCUT2D eigenvalue weighted by molar-refractivity contribution is 0.125. The first-order chi connectivity index (χ1) is 8.93. The lowest BCUT2D eigenvalue weighted by atomic mass is 9.87. The van der Waals surface area contributed by atoms with Crippen LogP contribution in [0.5, 0.6) is 0 Å². The zero-order valence-electron chi connectivity index (χ0n) is 13.3. The van der Waals surface area contributed by atoms with Crippen LogP contribution in [0.25, 0.3) is 0 Å². The Morgan fingerprint density at radius 2 is 1.58 bits per heavy atom. The van der Waals surface area contributed by atoms with Crippen molar-refractivity contribution in [3.63, 3.8) is 0 Å². The van der Waals surface area contributed by atoms with E-state index in [1.807, 2.05) is 0 Å². The molecular formula is C17H29NO. The smallest absolute Gasteiger partial charge is 0.0948 e. The van der Waals surface area contributed by atoms with Gasteiger partial charge in [0, 0.05) is 6.04 Å². The second kappa shape index (κ2) is 7.06. The van der Waals surface area contributed by atoms with Gasteiger partial charge in [-0.15, -0.1) is 0 Å². The molecule has 1 rings (SSSR count). The molecule has 108 valence electrons. The first kappa shape index (κ1) is 16.2. The predicted octanol–water partition coefficient (Wildman–Crippen LogP) is 3.73. The van der Waals surface area contributed by atoms with Gasteiger partial charge in [-0.1, -0.05) is 19.9 Å². The van der Waals surface area contributed by atoms with Gasteiger partial charge in [0.15, 0.2) is 0 Å². The van der Waals surface area contributed by atoms with Crippen molar-refractivity contribution in [1.29, 1.82) is 0 Å². The van der Waals surface area contributed by atoms with Crippen LogP contribution < -0.4 is 5.32 Å². The SMILES string of the molecule is CCCNC(CC)C(O)c1c(C)c(C)cc(C)c1C. The van der Waals surface area contributed by atoms with Gasteiger partial charge in [-0.25, -0.2) is 0 Å². The predicted molar refractivity (Wildman–Crippen MR) is 82.7 cm³/mol. The highest BCUT2D eigenvalue weighted by Crippen LogP contribution is 2.30. The Labute approximate surface area is 118 Å². The van der Waals surface area contributed by atoms with E-state index in [1.54, 1.807) is 0 Å². The molecule has 2 atom stereocenters. The largest absolute Gasteiger partial charge is 0.387 e. The summed E-state index contributed by atoms with van der Waals surface area (Å²) < 4.78 is 0. The number of hydrogen-bond acceptors (Lipinski definition) is 2. The molecule has 2 nitrogen and oxygen atoms in total. The van der Waals surface area contributed by atoms with Gasteiger partial charge in [0.1, 0.15) is 0 Å². The van der Waals surface area contributed by atoms with Gasteiger partial charge in [0.05, 0.1) is 6.10 Å². The molecule has 2 unspecified atom stereocenters. The normalized spacial score (nSPS) is 14.5. The minimum absolute atomic E-state index is 0.138. The van der Waals surface area contributed by atoms with Crippen LogP contribution in [0.15, 0.2) is 6.07 Å². The van der Waals surface area contributed by atoms with Gasteiger partial charge in [-0.05, 0) is 74.9 Å². The number of benzene rings is 1. The van der Waals surface area contributed by atoms with E-state index >= 15 is 0 Å². The van der Waals surface area contributed by atoms with Gasteiger partial charge in [0.25, 0.3) is 0 Å². The quantitative estimate of drug-likeness (QED) is 0.819. The van der Waals surface area contributed by atoms with Crippen LogP contribution in [0.2, 0.25) is 0 Å². The van der Waals surface area contributed by atoms with E-state index < -0.39 is 6.10 Å². The lowest BCUT2D eigenvalue weighted by Gasteiger charge is -2.27. The molecule has 1 aromatic carbocycles. The van der Waals surface area contributed by atoms with Gasteiger partial charge in [0.2, 0.25) is 0 Å². The molecule has 0 spiro atoms. The van der Waals surface area contributed by atoms with Crippen LogP contribution in [0, 0.1) is 27.7 Å². The van der Waals surface area contributed by atoms with E-state index in [2.05, 4.69) is 52.9 Å². The summed E-state index contributed by atoms with van der Waals surface area (Å²) in [6.45, 7) is 13.7. The fraction of sp³-hybridized carbons (Fsp3) is 0.647. The molecule has 0 heterocycles. The summed E-state index contributed by atoms with van der Waals surface area (Å²) >= 11 is 0. The topological polar surface area (TPSA) is 32.3 Å². The maximum atomic E-state index is 10.8. The van der Waals surface area contributed by atoms with Crippen molar-refractivity contribution in [3.05, 3.63) is 33.9 Å². The van der Waals surface area contributed by atoms with E-state index in [0.29, 0.717) is 0 Å². The molecular weight excluding hydrogens is 234 g/mol. The fourth-order valence-electron chi connectivity index (χ4n) is 2.70. The average molecular weight is 263 g/mol. The number of aryl methyl sites for hydroxylation is 2. The van der Waals surface area contributed by atoms with Crippen LogP contribution >= 0.6 is 0 Å². The Bertz CT molecular complexity index is 400. The summed E-state index contributed by atoms with van der Waals surface area (Å²) in [4.78, 5) is 0. The Morgan fingerprint density at radius 3 is 2.00 bits per heavy atom. The molecule has 2 heteroatoms. The van der Waals surface area contributed by atoms with E-state index in [9.17, 15) is 5.11 Å². The molecule has 0 aliphatic heterocycles. The molecule has 0 saturated heterocycles. The summed E-state index contributed by atoms with van der Waals surface area (Å²) in [5.74, 6) is 0. The van der Waals surface area contributed by atoms with Crippen molar-refractivity contribution in [1.82, 2.24) is 5.32 Å². The number of aliphatic hydroxyl groups is 1. The summed E-state index contributed by atoms with van der Waals surface area (Å²) in [6.07, 6.45) is 1.61. The molecule has 0 saturated carbocycles. The highest BCUT2D eigenvalue weighted by atomic mass is 16.3. The summed E-state index contributed by atoms with van der Waals surface area (Å²) in [5, 5.41) is 14.2. The second-order valence-electron chi connectivity index (χ2n) is 5.59. The van der Waals surface area contributed by atoms with E-state index in [4.69, 9.17) is 0 Å². The third kappa shape index (κ3) is 3.58. The van der Waals surface area contributed by atoms with Crippen molar-refractivity contribution in [3.8, 4) is 0 Å². The van der Waals surface area contributed by atoms with Gasteiger partial charge < -0.3 is 10.4 Å². The Balaban J connectivity index is 3.13. The molecule has 0 amide bonds. The van der Waals surface area contributed by atoms with Crippen molar-refractivity contribution in [2.45, 2.75) is 66.5 Å². The molecule has 1 aromatic rings. The van der Waals surface area contributed by atoms with Crippen LogP contribution in [-0.4, -0.2) is 17.7 Å². The first-order valence-electron chi connectivity index (χ1n) is 7.42. The highest BCUT2D eigenvalue weighted by Gasteiger charge is 2.23. The summed E-state index contributed by atoms with van der Waals surface area (Å²) in [6, 6.07) is 2.35. The monoisotopic (exact) mass is 263 g/mol. The molecule has 0 aromatic heterocycles. The van der Waals surface area contributed by atoms with Crippen LogP contribution in [-0.2, 0) is 0 Å². The molecule has 0 fully saturated rings. The molecule has 0 radical (unpaired) electrons. The summed E-state index contributed by atoms with van der Waals surface area (Å²) in [5.41, 5.74) is 6.11. The molecule has 19 heavy (non-hydrogen) atoms. The Hall–Kier alpha value is -0.860. The van der Waals surface area contributed by atoms with Gasteiger partial charge >= 0.3 is 0 Å². The fourth-order valence-corrected chi connectivity index (χ4v) is 2.70. The van der Waals surface area contributed by atoms with Crippen molar-refractivity contribution in [2.75, 3.05) is 6.54 Å². The first-order valence-corrected chi connectivity index (χ1v) is 7.42. The van der Waals surface area contributed by atoms with E-state index in [-0.39, 0.29) is 6.04 Å². The highest BCUT2D eigenvalue weighted by molar-refractivity contribution is 5.45. The van der Waals surface area contributed by atoms with Crippen LogP contribution in [0.1, 0.15) is 60.6 Å². The standard InChI is InChI=1S/C17H29NO/c1-7-9-18-15(8-2)17(19)16-13(5)11(3)10-12(4)14(16)6/h10,15,17-19H,7-9H2,1-6H3. The maximum absolute atomic E-state index is 10.8.